The summed E-state index contributed by atoms with van der Waals surface area (Å²) in [5.74, 6) is 0.790. The summed E-state index contributed by atoms with van der Waals surface area (Å²) in [7, 11) is 0. The molecule has 0 aromatic carbocycles. The van der Waals surface area contributed by atoms with Gasteiger partial charge in [-0.2, -0.15) is 0 Å². The van der Waals surface area contributed by atoms with Gasteiger partial charge < -0.3 is 4.74 Å². The predicted octanol–water partition coefficient (Wildman–Crippen LogP) is 2.79. The summed E-state index contributed by atoms with van der Waals surface area (Å²) >= 11 is 0. The molecule has 2 nitrogen and oxygen atoms in total. The third-order valence-corrected chi connectivity index (χ3v) is 3.17. The van der Waals surface area contributed by atoms with E-state index in [4.69, 9.17) is 4.74 Å². The topological polar surface area (TPSA) is 26.3 Å². The number of allylic oxidation sites excluding steroid dienone is 1. The Bertz CT molecular complexity index is 232. The number of hydrogen-bond acceptors (Lipinski definition) is 2. The molecule has 1 fully saturated rings. The fourth-order valence-corrected chi connectivity index (χ4v) is 2.39. The Labute approximate surface area is 86.3 Å². The second kappa shape index (κ2) is 4.63. The molecule has 0 unspecified atom stereocenters. The standard InChI is InChI=1S/C12H20O2/c1-5-14-12(13)11-9(4)6-7-10(11)8(2)3/h9-11H,2,5-7H2,1,3-4H3/t9-,10+,11+/m0/s1. The lowest BCUT2D eigenvalue weighted by molar-refractivity contribution is -0.150. The largest absolute Gasteiger partial charge is 0.466 e. The van der Waals surface area contributed by atoms with E-state index in [2.05, 4.69) is 13.5 Å². The van der Waals surface area contributed by atoms with E-state index in [0.29, 0.717) is 18.4 Å². The van der Waals surface area contributed by atoms with Gasteiger partial charge in [0.05, 0.1) is 12.5 Å². The quantitative estimate of drug-likeness (QED) is 0.512. The molecule has 0 aromatic rings. The van der Waals surface area contributed by atoms with E-state index in [1.807, 2.05) is 13.8 Å². The Morgan fingerprint density at radius 3 is 2.64 bits per heavy atom. The average Bonchev–Trinajstić information content (AvgIpc) is 2.47. The van der Waals surface area contributed by atoms with Crippen LogP contribution in [0.25, 0.3) is 0 Å². The molecule has 80 valence electrons. The average molecular weight is 196 g/mol. The van der Waals surface area contributed by atoms with E-state index in [-0.39, 0.29) is 11.9 Å². The minimum Gasteiger partial charge on any atom is -0.466 e. The summed E-state index contributed by atoms with van der Waals surface area (Å²) in [4.78, 5) is 11.7. The molecular weight excluding hydrogens is 176 g/mol. The molecule has 0 aromatic heterocycles. The number of rotatable bonds is 3. The number of carbonyl (C=O) groups is 1. The predicted molar refractivity (Wildman–Crippen MR) is 56.8 cm³/mol. The van der Waals surface area contributed by atoms with E-state index >= 15 is 0 Å². The molecule has 0 heterocycles. The number of hydrogen-bond donors (Lipinski definition) is 0. The van der Waals surface area contributed by atoms with Crippen LogP contribution in [0.5, 0.6) is 0 Å². The van der Waals surface area contributed by atoms with Crippen LogP contribution in [-0.2, 0) is 9.53 Å². The van der Waals surface area contributed by atoms with Crippen LogP contribution in [0.2, 0.25) is 0 Å². The van der Waals surface area contributed by atoms with Crippen LogP contribution < -0.4 is 0 Å². The summed E-state index contributed by atoms with van der Waals surface area (Å²) in [6, 6.07) is 0. The molecule has 1 aliphatic rings. The molecule has 1 aliphatic carbocycles. The van der Waals surface area contributed by atoms with Gasteiger partial charge in [-0.15, -0.1) is 0 Å². The van der Waals surface area contributed by atoms with Crippen LogP contribution in [0.4, 0.5) is 0 Å². The van der Waals surface area contributed by atoms with Gasteiger partial charge >= 0.3 is 5.97 Å². The van der Waals surface area contributed by atoms with Crippen molar-refractivity contribution in [2.24, 2.45) is 17.8 Å². The van der Waals surface area contributed by atoms with E-state index in [9.17, 15) is 4.79 Å². The number of esters is 1. The first-order chi connectivity index (χ1) is 6.57. The van der Waals surface area contributed by atoms with Crippen molar-refractivity contribution in [3.05, 3.63) is 12.2 Å². The van der Waals surface area contributed by atoms with Crippen molar-refractivity contribution < 1.29 is 9.53 Å². The molecule has 0 radical (unpaired) electrons. The summed E-state index contributed by atoms with van der Waals surface area (Å²) in [6.45, 7) is 10.4. The maximum absolute atomic E-state index is 11.7. The molecule has 0 aliphatic heterocycles. The van der Waals surface area contributed by atoms with E-state index in [1.54, 1.807) is 0 Å². The van der Waals surface area contributed by atoms with Crippen molar-refractivity contribution >= 4 is 5.97 Å². The van der Waals surface area contributed by atoms with E-state index < -0.39 is 0 Å². The molecule has 0 bridgehead atoms. The van der Waals surface area contributed by atoms with Crippen LogP contribution in [-0.4, -0.2) is 12.6 Å². The second-order valence-electron chi connectivity index (χ2n) is 4.29. The Morgan fingerprint density at radius 1 is 1.50 bits per heavy atom. The van der Waals surface area contributed by atoms with Crippen LogP contribution in [0, 0.1) is 17.8 Å². The van der Waals surface area contributed by atoms with Gasteiger partial charge in [-0.05, 0) is 38.5 Å². The lowest BCUT2D eigenvalue weighted by Gasteiger charge is -2.21. The van der Waals surface area contributed by atoms with Crippen molar-refractivity contribution in [1.29, 1.82) is 0 Å². The summed E-state index contributed by atoms with van der Waals surface area (Å²) in [5.41, 5.74) is 1.12. The highest BCUT2D eigenvalue weighted by molar-refractivity contribution is 5.74. The van der Waals surface area contributed by atoms with E-state index in [0.717, 1.165) is 18.4 Å². The molecule has 1 saturated carbocycles. The van der Waals surface area contributed by atoms with Gasteiger partial charge in [0.1, 0.15) is 0 Å². The van der Waals surface area contributed by atoms with Crippen molar-refractivity contribution in [2.75, 3.05) is 6.61 Å². The maximum Gasteiger partial charge on any atom is 0.309 e. The van der Waals surface area contributed by atoms with Crippen LogP contribution >= 0.6 is 0 Å². The Balaban J connectivity index is 2.71. The van der Waals surface area contributed by atoms with Gasteiger partial charge in [-0.1, -0.05) is 19.1 Å². The van der Waals surface area contributed by atoms with Crippen LogP contribution in [0.15, 0.2) is 12.2 Å². The first-order valence-electron chi connectivity index (χ1n) is 5.40. The lowest BCUT2D eigenvalue weighted by atomic mass is 9.86. The van der Waals surface area contributed by atoms with Crippen molar-refractivity contribution in [3.8, 4) is 0 Å². The van der Waals surface area contributed by atoms with Gasteiger partial charge in [0.2, 0.25) is 0 Å². The minimum absolute atomic E-state index is 0.0366. The third kappa shape index (κ3) is 2.17. The monoisotopic (exact) mass is 196 g/mol. The molecule has 0 saturated heterocycles. The number of ether oxygens (including phenoxy) is 1. The Hall–Kier alpha value is -0.790. The van der Waals surface area contributed by atoms with Crippen molar-refractivity contribution in [1.82, 2.24) is 0 Å². The smallest absolute Gasteiger partial charge is 0.309 e. The van der Waals surface area contributed by atoms with Gasteiger partial charge in [0, 0.05) is 0 Å². The highest BCUT2D eigenvalue weighted by Gasteiger charge is 2.39. The fourth-order valence-electron chi connectivity index (χ4n) is 2.39. The highest BCUT2D eigenvalue weighted by Crippen LogP contribution is 2.40. The molecule has 3 atom stereocenters. The molecule has 1 rings (SSSR count). The van der Waals surface area contributed by atoms with Gasteiger partial charge in [-0.25, -0.2) is 0 Å². The third-order valence-electron chi connectivity index (χ3n) is 3.17. The molecule has 14 heavy (non-hydrogen) atoms. The summed E-state index contributed by atoms with van der Waals surface area (Å²) < 4.78 is 5.10. The van der Waals surface area contributed by atoms with Crippen molar-refractivity contribution in [3.63, 3.8) is 0 Å². The molecular formula is C12H20O2. The SMILES string of the molecule is C=C(C)[C@H]1CC[C@H](C)[C@H]1C(=O)OCC. The Kier molecular flexibility index (Phi) is 3.73. The number of carbonyl (C=O) groups excluding carboxylic acids is 1. The maximum atomic E-state index is 11.7. The zero-order valence-corrected chi connectivity index (χ0v) is 9.38. The lowest BCUT2D eigenvalue weighted by Crippen LogP contribution is -2.26. The summed E-state index contributed by atoms with van der Waals surface area (Å²) in [6.07, 6.45) is 2.20. The van der Waals surface area contributed by atoms with Crippen LogP contribution in [0.3, 0.4) is 0 Å². The zero-order chi connectivity index (χ0) is 10.7. The Morgan fingerprint density at radius 2 is 2.14 bits per heavy atom. The van der Waals surface area contributed by atoms with Gasteiger partial charge in [0.25, 0.3) is 0 Å². The second-order valence-corrected chi connectivity index (χ2v) is 4.29. The molecule has 2 heteroatoms. The van der Waals surface area contributed by atoms with E-state index in [1.165, 1.54) is 0 Å². The normalized spacial score (nSPS) is 31.5. The molecule has 0 spiro atoms. The van der Waals surface area contributed by atoms with Crippen molar-refractivity contribution in [2.45, 2.75) is 33.6 Å². The molecule has 0 N–H and O–H groups in total. The van der Waals surface area contributed by atoms with Crippen LogP contribution in [0.1, 0.15) is 33.6 Å². The van der Waals surface area contributed by atoms with Gasteiger partial charge in [0.15, 0.2) is 0 Å². The summed E-state index contributed by atoms with van der Waals surface area (Å²) in [5, 5.41) is 0. The zero-order valence-electron chi connectivity index (χ0n) is 9.38. The molecule has 0 amide bonds. The van der Waals surface area contributed by atoms with Gasteiger partial charge in [-0.3, -0.25) is 4.79 Å². The minimum atomic E-state index is -0.0366. The first kappa shape index (κ1) is 11.3. The highest BCUT2D eigenvalue weighted by atomic mass is 16.5. The fraction of sp³-hybridized carbons (Fsp3) is 0.750. The first-order valence-corrected chi connectivity index (χ1v) is 5.40.